The Kier molecular flexibility index (Phi) is 9.43. The van der Waals surface area contributed by atoms with Crippen molar-refractivity contribution >= 4 is 35.0 Å². The molecule has 0 radical (unpaired) electrons. The van der Waals surface area contributed by atoms with Crippen molar-refractivity contribution in [3.63, 3.8) is 0 Å². The summed E-state index contributed by atoms with van der Waals surface area (Å²) in [7, 11) is 0. The highest BCUT2D eigenvalue weighted by molar-refractivity contribution is 6.31. The van der Waals surface area contributed by atoms with E-state index in [9.17, 15) is 9.59 Å². The van der Waals surface area contributed by atoms with E-state index < -0.39 is 6.04 Å². The van der Waals surface area contributed by atoms with Crippen LogP contribution in [0.15, 0.2) is 78.9 Å². The van der Waals surface area contributed by atoms with Crippen LogP contribution in [0, 0.1) is 0 Å². The van der Waals surface area contributed by atoms with Crippen LogP contribution in [0.1, 0.15) is 48.8 Å². The summed E-state index contributed by atoms with van der Waals surface area (Å²) in [6.45, 7) is 0.327. The largest absolute Gasteiger partial charge is 0.352 e. The fraction of sp³-hybridized carbons (Fsp3) is 0.333. The summed E-state index contributed by atoms with van der Waals surface area (Å²) >= 11 is 12.4. The first kappa shape index (κ1) is 26.2. The molecule has 1 aliphatic carbocycles. The number of benzene rings is 3. The van der Waals surface area contributed by atoms with Crippen molar-refractivity contribution in [3.8, 4) is 0 Å². The predicted octanol–water partition coefficient (Wildman–Crippen LogP) is 6.62. The van der Waals surface area contributed by atoms with Crippen molar-refractivity contribution in [1.82, 2.24) is 10.2 Å². The van der Waals surface area contributed by atoms with E-state index >= 15 is 0 Å². The lowest BCUT2D eigenvalue weighted by Crippen LogP contribution is -2.52. The first-order valence-electron chi connectivity index (χ1n) is 12.6. The van der Waals surface area contributed by atoms with E-state index in [1.54, 1.807) is 4.90 Å². The lowest BCUT2D eigenvalue weighted by molar-refractivity contribution is -0.141. The highest BCUT2D eigenvalue weighted by Gasteiger charge is 2.32. The van der Waals surface area contributed by atoms with E-state index in [0.717, 1.165) is 42.4 Å². The molecule has 6 heteroatoms. The predicted molar refractivity (Wildman–Crippen MR) is 146 cm³/mol. The Morgan fingerprint density at radius 3 is 2.22 bits per heavy atom. The molecule has 1 saturated carbocycles. The number of nitrogens with one attached hydrogen (secondary N) is 1. The number of nitrogens with zero attached hydrogens (tertiary/aromatic N) is 1. The third-order valence-electron chi connectivity index (χ3n) is 6.80. The number of rotatable bonds is 10. The highest BCUT2D eigenvalue weighted by atomic mass is 35.5. The first-order chi connectivity index (χ1) is 17.5. The number of aryl methyl sites for hydroxylation is 1. The van der Waals surface area contributed by atoms with Crippen LogP contribution in [0.5, 0.6) is 0 Å². The Labute approximate surface area is 223 Å². The van der Waals surface area contributed by atoms with Gasteiger partial charge in [-0.1, -0.05) is 96.7 Å². The lowest BCUT2D eigenvalue weighted by atomic mass is 10.0. The molecule has 1 fully saturated rings. The Morgan fingerprint density at radius 2 is 1.53 bits per heavy atom. The summed E-state index contributed by atoms with van der Waals surface area (Å²) in [6.07, 6.45) is 5.45. The van der Waals surface area contributed by atoms with E-state index in [1.165, 1.54) is 0 Å². The highest BCUT2D eigenvalue weighted by Crippen LogP contribution is 2.22. The molecule has 3 aromatic rings. The van der Waals surface area contributed by atoms with Gasteiger partial charge in [0.2, 0.25) is 11.8 Å². The summed E-state index contributed by atoms with van der Waals surface area (Å²) in [5, 5.41) is 4.52. The number of halogens is 2. The minimum Gasteiger partial charge on any atom is -0.352 e. The molecule has 0 aromatic heterocycles. The molecule has 1 N–H and O–H groups in total. The van der Waals surface area contributed by atoms with Gasteiger partial charge < -0.3 is 10.2 Å². The molecule has 0 saturated heterocycles. The van der Waals surface area contributed by atoms with E-state index in [0.29, 0.717) is 29.4 Å². The maximum Gasteiger partial charge on any atom is 0.243 e. The SMILES string of the molecule is O=C(NC1CCCC1)[C@@H](Cc1ccccc1)N(Cc1ccc(Cl)cc1)C(=O)CCc1ccccc1Cl. The van der Waals surface area contributed by atoms with Crippen LogP contribution in [0.2, 0.25) is 10.0 Å². The molecule has 4 nitrogen and oxygen atoms in total. The van der Waals surface area contributed by atoms with Gasteiger partial charge in [0.25, 0.3) is 0 Å². The van der Waals surface area contributed by atoms with Crippen molar-refractivity contribution in [1.29, 1.82) is 0 Å². The molecule has 3 aromatic carbocycles. The van der Waals surface area contributed by atoms with Crippen LogP contribution in [-0.2, 0) is 29.0 Å². The van der Waals surface area contributed by atoms with Gasteiger partial charge in [0.15, 0.2) is 0 Å². The summed E-state index contributed by atoms with van der Waals surface area (Å²) < 4.78 is 0. The molecule has 0 spiro atoms. The summed E-state index contributed by atoms with van der Waals surface area (Å²) in [5.74, 6) is -0.168. The zero-order chi connectivity index (χ0) is 25.3. The van der Waals surface area contributed by atoms with Crippen molar-refractivity contribution in [2.75, 3.05) is 0 Å². The zero-order valence-corrected chi connectivity index (χ0v) is 21.8. The Morgan fingerprint density at radius 1 is 0.861 bits per heavy atom. The normalized spacial score (nSPS) is 14.4. The van der Waals surface area contributed by atoms with Gasteiger partial charge in [-0.05, 0) is 54.2 Å². The Bertz CT molecular complexity index is 1150. The fourth-order valence-electron chi connectivity index (χ4n) is 4.79. The quantitative estimate of drug-likeness (QED) is 0.325. The zero-order valence-electron chi connectivity index (χ0n) is 20.3. The lowest BCUT2D eigenvalue weighted by Gasteiger charge is -2.32. The van der Waals surface area contributed by atoms with Crippen LogP contribution in [0.3, 0.4) is 0 Å². The van der Waals surface area contributed by atoms with Crippen LogP contribution < -0.4 is 5.32 Å². The van der Waals surface area contributed by atoms with E-state index in [2.05, 4.69) is 5.32 Å². The topological polar surface area (TPSA) is 49.4 Å². The second kappa shape index (κ2) is 12.9. The number of amides is 2. The van der Waals surface area contributed by atoms with E-state index in [4.69, 9.17) is 23.2 Å². The Balaban J connectivity index is 1.61. The number of hydrogen-bond donors (Lipinski definition) is 1. The van der Waals surface area contributed by atoms with Crippen LogP contribution in [-0.4, -0.2) is 28.8 Å². The van der Waals surface area contributed by atoms with E-state index in [-0.39, 0.29) is 24.3 Å². The second-order valence-electron chi connectivity index (χ2n) is 9.44. The maximum absolute atomic E-state index is 13.7. The van der Waals surface area contributed by atoms with Gasteiger partial charge in [0.1, 0.15) is 6.04 Å². The van der Waals surface area contributed by atoms with Gasteiger partial charge >= 0.3 is 0 Å². The van der Waals surface area contributed by atoms with Gasteiger partial charge in [-0.15, -0.1) is 0 Å². The molecule has 36 heavy (non-hydrogen) atoms. The summed E-state index contributed by atoms with van der Waals surface area (Å²) in [5.41, 5.74) is 2.87. The van der Waals surface area contributed by atoms with Crippen LogP contribution in [0.4, 0.5) is 0 Å². The van der Waals surface area contributed by atoms with Gasteiger partial charge in [-0.25, -0.2) is 0 Å². The van der Waals surface area contributed by atoms with Gasteiger partial charge in [0, 0.05) is 35.5 Å². The molecular formula is C30H32Cl2N2O2. The third kappa shape index (κ3) is 7.35. The third-order valence-corrected chi connectivity index (χ3v) is 7.43. The molecule has 0 unspecified atom stereocenters. The average molecular weight is 524 g/mol. The molecular weight excluding hydrogens is 491 g/mol. The smallest absolute Gasteiger partial charge is 0.243 e. The van der Waals surface area contributed by atoms with Gasteiger partial charge in [-0.3, -0.25) is 9.59 Å². The minimum absolute atomic E-state index is 0.0765. The molecule has 4 rings (SSSR count). The van der Waals surface area contributed by atoms with Gasteiger partial charge in [-0.2, -0.15) is 0 Å². The molecule has 1 aliphatic rings. The fourth-order valence-corrected chi connectivity index (χ4v) is 5.15. The second-order valence-corrected chi connectivity index (χ2v) is 10.3. The summed E-state index contributed by atoms with van der Waals surface area (Å²) in [4.78, 5) is 29.2. The molecule has 0 bridgehead atoms. The van der Waals surface area contributed by atoms with Crippen molar-refractivity contribution < 1.29 is 9.59 Å². The first-order valence-corrected chi connectivity index (χ1v) is 13.4. The van der Waals surface area contributed by atoms with Crippen LogP contribution in [0.25, 0.3) is 0 Å². The van der Waals surface area contributed by atoms with Crippen LogP contribution >= 0.6 is 23.2 Å². The minimum atomic E-state index is -0.623. The maximum atomic E-state index is 13.7. The standard InChI is InChI=1S/C30H32Cl2N2O2/c31-25-17-14-23(15-18-25)21-34(29(35)19-16-24-10-4-7-13-27(24)32)28(20-22-8-2-1-3-9-22)30(36)33-26-11-5-6-12-26/h1-4,7-10,13-15,17-18,26,28H,5-6,11-12,16,19-21H2,(H,33,36)/t28-/m1/s1. The Hall–Kier alpha value is -2.82. The number of carbonyl (C=O) groups excluding carboxylic acids is 2. The van der Waals surface area contributed by atoms with E-state index in [1.807, 2.05) is 78.9 Å². The number of hydrogen-bond acceptors (Lipinski definition) is 2. The summed E-state index contributed by atoms with van der Waals surface area (Å²) in [6, 6.07) is 24.5. The molecule has 1 atom stereocenters. The molecule has 0 aliphatic heterocycles. The van der Waals surface area contributed by atoms with Crippen molar-refractivity contribution in [2.45, 2.75) is 63.6 Å². The molecule has 2 amide bonds. The molecule has 188 valence electrons. The average Bonchev–Trinajstić information content (AvgIpc) is 3.40. The molecule has 0 heterocycles. The number of carbonyl (C=O) groups is 2. The monoisotopic (exact) mass is 522 g/mol. The van der Waals surface area contributed by atoms with Crippen molar-refractivity contribution in [2.24, 2.45) is 0 Å². The van der Waals surface area contributed by atoms with Gasteiger partial charge in [0.05, 0.1) is 0 Å². The van der Waals surface area contributed by atoms with Crippen molar-refractivity contribution in [3.05, 3.63) is 106 Å².